The molecule has 0 radical (unpaired) electrons. The summed E-state index contributed by atoms with van der Waals surface area (Å²) in [5.74, 6) is 0.749. The molecule has 0 bridgehead atoms. The van der Waals surface area contributed by atoms with Gasteiger partial charge >= 0.3 is 5.97 Å². The maximum atomic E-state index is 13.8. The van der Waals surface area contributed by atoms with Crippen LogP contribution >= 0.6 is 11.3 Å². The molecule has 0 N–H and O–H groups in total. The average molecular weight is 509 g/mol. The van der Waals surface area contributed by atoms with Crippen molar-refractivity contribution in [2.75, 3.05) is 34.5 Å². The van der Waals surface area contributed by atoms with E-state index in [0.717, 1.165) is 16.9 Å². The van der Waals surface area contributed by atoms with Gasteiger partial charge in [-0.05, 0) is 49.2 Å². The van der Waals surface area contributed by atoms with Crippen LogP contribution in [0.3, 0.4) is 0 Å². The summed E-state index contributed by atoms with van der Waals surface area (Å²) in [6.07, 6.45) is 1.84. The van der Waals surface area contributed by atoms with E-state index >= 15 is 0 Å². The van der Waals surface area contributed by atoms with Gasteiger partial charge in [-0.15, -0.1) is 0 Å². The number of aryl methyl sites for hydroxylation is 1. The van der Waals surface area contributed by atoms with E-state index in [1.807, 2.05) is 49.4 Å². The summed E-state index contributed by atoms with van der Waals surface area (Å²) < 4.78 is 23.4. The first-order valence-corrected chi connectivity index (χ1v) is 12.2. The predicted molar refractivity (Wildman–Crippen MR) is 137 cm³/mol. The van der Waals surface area contributed by atoms with Crippen LogP contribution in [-0.2, 0) is 14.3 Å². The van der Waals surface area contributed by atoms with Crippen molar-refractivity contribution in [2.45, 2.75) is 19.9 Å². The van der Waals surface area contributed by atoms with Crippen LogP contribution < -0.4 is 24.4 Å². The van der Waals surface area contributed by atoms with Crippen LogP contribution in [0.5, 0.6) is 11.5 Å². The van der Waals surface area contributed by atoms with Crippen LogP contribution in [0, 0.1) is 6.92 Å². The Kier molecular flexibility index (Phi) is 7.71. The lowest BCUT2D eigenvalue weighted by molar-refractivity contribution is -0.140. The Bertz CT molecular complexity index is 1500. The first kappa shape index (κ1) is 25.4. The lowest BCUT2D eigenvalue weighted by atomic mass is 9.95. The molecule has 188 valence electrons. The van der Waals surface area contributed by atoms with Crippen LogP contribution in [0.2, 0.25) is 0 Å². The van der Waals surface area contributed by atoms with Gasteiger partial charge in [-0.2, -0.15) is 0 Å². The molecule has 0 saturated heterocycles. The second kappa shape index (κ2) is 10.9. The van der Waals surface area contributed by atoms with Crippen molar-refractivity contribution in [3.8, 4) is 11.5 Å². The summed E-state index contributed by atoms with van der Waals surface area (Å²) in [7, 11) is 4.71. The number of allylic oxidation sites excluding steroid dienone is 1. The van der Waals surface area contributed by atoms with Gasteiger partial charge in [0.25, 0.3) is 5.56 Å². The van der Waals surface area contributed by atoms with Gasteiger partial charge in [0.1, 0.15) is 24.1 Å². The van der Waals surface area contributed by atoms with Gasteiger partial charge in [0.15, 0.2) is 4.80 Å². The Balaban J connectivity index is 1.92. The third-order valence-electron chi connectivity index (χ3n) is 5.96. The van der Waals surface area contributed by atoms with E-state index in [4.69, 9.17) is 18.9 Å². The molecule has 0 amide bonds. The summed E-state index contributed by atoms with van der Waals surface area (Å²) >= 11 is 1.28. The van der Waals surface area contributed by atoms with Gasteiger partial charge < -0.3 is 18.9 Å². The smallest absolute Gasteiger partial charge is 0.338 e. The fourth-order valence-electron chi connectivity index (χ4n) is 4.14. The third-order valence-corrected chi connectivity index (χ3v) is 6.94. The molecule has 1 aromatic heterocycles. The maximum absolute atomic E-state index is 13.8. The number of hydrogen-bond donors (Lipinski definition) is 0. The minimum absolute atomic E-state index is 0.0892. The summed E-state index contributed by atoms with van der Waals surface area (Å²) in [6, 6.07) is 12.2. The highest BCUT2D eigenvalue weighted by Gasteiger charge is 2.35. The number of fused-ring (bicyclic) bond motifs is 1. The SMILES string of the molecule is COCCOC(=O)C1=C(C)N=c2sc(=Cc3ccc(OC)cc3C)c(=O)n2C1c1ccccc1OC. The Morgan fingerprint density at radius 1 is 1.08 bits per heavy atom. The number of esters is 1. The molecule has 36 heavy (non-hydrogen) atoms. The molecular weight excluding hydrogens is 480 g/mol. The molecule has 2 aromatic carbocycles. The highest BCUT2D eigenvalue weighted by atomic mass is 32.1. The number of hydrogen-bond acceptors (Lipinski definition) is 8. The Labute approximate surface area is 212 Å². The molecule has 0 aliphatic carbocycles. The van der Waals surface area contributed by atoms with E-state index in [-0.39, 0.29) is 24.3 Å². The van der Waals surface area contributed by atoms with Crippen molar-refractivity contribution in [3.05, 3.63) is 90.1 Å². The largest absolute Gasteiger partial charge is 0.497 e. The van der Waals surface area contributed by atoms with E-state index < -0.39 is 12.0 Å². The molecule has 9 heteroatoms. The number of thiazole rings is 1. The first-order valence-electron chi connectivity index (χ1n) is 11.4. The normalized spacial score (nSPS) is 15.4. The second-order valence-electron chi connectivity index (χ2n) is 8.17. The summed E-state index contributed by atoms with van der Waals surface area (Å²) in [6.45, 7) is 4.06. The van der Waals surface area contributed by atoms with Crippen molar-refractivity contribution in [3.63, 3.8) is 0 Å². The van der Waals surface area contributed by atoms with Gasteiger partial charge in [-0.3, -0.25) is 9.36 Å². The van der Waals surface area contributed by atoms with E-state index in [9.17, 15) is 9.59 Å². The number of carbonyl (C=O) groups is 1. The molecule has 1 unspecified atom stereocenters. The van der Waals surface area contributed by atoms with Crippen molar-refractivity contribution < 1.29 is 23.7 Å². The minimum Gasteiger partial charge on any atom is -0.497 e. The summed E-state index contributed by atoms with van der Waals surface area (Å²) in [5.41, 5.74) is 3.06. The molecule has 1 aliphatic rings. The van der Waals surface area contributed by atoms with Gasteiger partial charge in [0.05, 0.1) is 36.6 Å². The van der Waals surface area contributed by atoms with Crippen molar-refractivity contribution >= 4 is 23.4 Å². The van der Waals surface area contributed by atoms with Gasteiger partial charge in [0, 0.05) is 12.7 Å². The lowest BCUT2D eigenvalue weighted by Gasteiger charge is -2.26. The van der Waals surface area contributed by atoms with E-state index in [2.05, 4.69) is 4.99 Å². The van der Waals surface area contributed by atoms with E-state index in [1.165, 1.54) is 18.4 Å². The molecule has 0 saturated carbocycles. The summed E-state index contributed by atoms with van der Waals surface area (Å²) in [5, 5.41) is 0. The molecule has 3 aromatic rings. The van der Waals surface area contributed by atoms with Gasteiger partial charge in [-0.1, -0.05) is 35.6 Å². The fourth-order valence-corrected chi connectivity index (χ4v) is 5.18. The number of carbonyl (C=O) groups excluding carboxylic acids is 1. The Hall–Kier alpha value is -3.69. The number of aromatic nitrogens is 1. The molecule has 0 spiro atoms. The zero-order valence-corrected chi connectivity index (χ0v) is 21.7. The van der Waals surface area contributed by atoms with Crippen LogP contribution in [-0.4, -0.2) is 45.1 Å². The van der Waals surface area contributed by atoms with E-state index in [1.54, 1.807) is 31.8 Å². The zero-order chi connectivity index (χ0) is 25.8. The molecule has 1 aliphatic heterocycles. The van der Waals surface area contributed by atoms with Crippen molar-refractivity contribution in [1.82, 2.24) is 4.57 Å². The van der Waals surface area contributed by atoms with Crippen LogP contribution in [0.25, 0.3) is 6.08 Å². The third kappa shape index (κ3) is 4.84. The maximum Gasteiger partial charge on any atom is 0.338 e. The van der Waals surface area contributed by atoms with Gasteiger partial charge in [0.2, 0.25) is 0 Å². The second-order valence-corrected chi connectivity index (χ2v) is 9.18. The first-order chi connectivity index (χ1) is 17.4. The number of ether oxygens (including phenoxy) is 4. The molecular formula is C27H28N2O6S. The average Bonchev–Trinajstić information content (AvgIpc) is 3.18. The summed E-state index contributed by atoms with van der Waals surface area (Å²) in [4.78, 5) is 32.1. The number of nitrogens with zero attached hydrogens (tertiary/aromatic N) is 2. The number of rotatable bonds is 8. The topological polar surface area (TPSA) is 88.4 Å². The molecule has 8 nitrogen and oxygen atoms in total. The molecule has 2 heterocycles. The van der Waals surface area contributed by atoms with Crippen LogP contribution in [0.4, 0.5) is 0 Å². The lowest BCUT2D eigenvalue weighted by Crippen LogP contribution is -2.40. The standard InChI is InChI=1S/C27H28N2O6S/c1-16-14-19(33-4)11-10-18(16)15-22-25(30)29-24(20-8-6-7-9-21(20)34-5)23(17(2)28-27(29)36-22)26(31)35-13-12-32-3/h6-11,14-15,24H,12-13H2,1-5H3. The molecule has 4 rings (SSSR count). The van der Waals surface area contributed by atoms with Gasteiger partial charge in [-0.25, -0.2) is 9.79 Å². The number of para-hydroxylation sites is 1. The number of methoxy groups -OCH3 is 3. The van der Waals surface area contributed by atoms with Crippen molar-refractivity contribution in [2.24, 2.45) is 4.99 Å². The minimum atomic E-state index is -0.758. The molecule has 1 atom stereocenters. The monoisotopic (exact) mass is 508 g/mol. The predicted octanol–water partition coefficient (Wildman–Crippen LogP) is 2.75. The highest BCUT2D eigenvalue weighted by molar-refractivity contribution is 7.07. The zero-order valence-electron chi connectivity index (χ0n) is 20.9. The highest BCUT2D eigenvalue weighted by Crippen LogP contribution is 2.35. The Morgan fingerprint density at radius 3 is 2.56 bits per heavy atom. The van der Waals surface area contributed by atoms with E-state index in [0.29, 0.717) is 26.3 Å². The number of benzene rings is 2. The van der Waals surface area contributed by atoms with Crippen molar-refractivity contribution in [1.29, 1.82) is 0 Å². The fraction of sp³-hybridized carbons (Fsp3) is 0.296. The quantitative estimate of drug-likeness (QED) is 0.344. The molecule has 0 fully saturated rings. The van der Waals surface area contributed by atoms with Crippen LogP contribution in [0.15, 0.2) is 63.5 Å². The van der Waals surface area contributed by atoms with Crippen LogP contribution in [0.1, 0.15) is 29.7 Å². The Morgan fingerprint density at radius 2 is 1.86 bits per heavy atom.